The predicted octanol–water partition coefficient (Wildman–Crippen LogP) is 1.33. The molecule has 2 rings (SSSR count). The SMILES string of the molecule is O=S1CCCC1Cc1cc[c-]nc1.[Y]. The van der Waals surface area contributed by atoms with Crippen LogP contribution in [0, 0.1) is 6.20 Å². The molecule has 2 nitrogen and oxygen atoms in total. The standard InChI is InChI=1S/C10H12NOS.Y/c12-13-6-2-4-10(13)7-9-3-1-5-11-8-9;/h1,3,8,10H,2,4,6-7H2;/q-1;. The predicted molar refractivity (Wildman–Crippen MR) is 52.8 cm³/mol. The van der Waals surface area contributed by atoms with Crippen molar-refractivity contribution in [2.24, 2.45) is 0 Å². The maximum atomic E-state index is 11.5. The van der Waals surface area contributed by atoms with Crippen LogP contribution in [0.3, 0.4) is 0 Å². The first kappa shape index (κ1) is 12.5. The summed E-state index contributed by atoms with van der Waals surface area (Å²) in [6, 6.07) is 3.82. The molecule has 0 amide bonds. The fourth-order valence-corrected chi connectivity index (χ4v) is 3.27. The van der Waals surface area contributed by atoms with Crippen molar-refractivity contribution in [2.75, 3.05) is 5.75 Å². The minimum absolute atomic E-state index is 0. The summed E-state index contributed by atoms with van der Waals surface area (Å²) in [6.07, 6.45) is 7.69. The molecule has 1 saturated heterocycles. The Bertz CT molecular complexity index is 304. The van der Waals surface area contributed by atoms with Crippen LogP contribution in [-0.2, 0) is 49.9 Å². The van der Waals surface area contributed by atoms with Crippen LogP contribution in [0.15, 0.2) is 18.3 Å². The van der Waals surface area contributed by atoms with Crippen molar-refractivity contribution >= 4 is 10.8 Å². The first-order valence-corrected chi connectivity index (χ1v) is 5.92. The van der Waals surface area contributed by atoms with E-state index < -0.39 is 10.8 Å². The summed E-state index contributed by atoms with van der Waals surface area (Å²) < 4.78 is 11.5. The summed E-state index contributed by atoms with van der Waals surface area (Å²) in [7, 11) is -0.599. The molecule has 0 N–H and O–H groups in total. The smallest absolute Gasteiger partial charge is 0.0369 e. The topological polar surface area (TPSA) is 30.0 Å². The van der Waals surface area contributed by atoms with Crippen LogP contribution in [0.1, 0.15) is 18.4 Å². The van der Waals surface area contributed by atoms with Gasteiger partial charge in [0, 0.05) is 54.5 Å². The van der Waals surface area contributed by atoms with Crippen molar-refractivity contribution in [1.82, 2.24) is 4.98 Å². The molecule has 4 heteroatoms. The summed E-state index contributed by atoms with van der Waals surface area (Å²) in [5.41, 5.74) is 1.18. The van der Waals surface area contributed by atoms with Gasteiger partial charge in [-0.1, -0.05) is 12.4 Å². The Morgan fingerprint density at radius 2 is 2.50 bits per heavy atom. The van der Waals surface area contributed by atoms with Gasteiger partial charge >= 0.3 is 0 Å². The molecule has 0 bridgehead atoms. The Morgan fingerprint density at radius 3 is 3.07 bits per heavy atom. The molecular formula is C10H12NOSY-. The number of nitrogens with zero attached hydrogens (tertiary/aromatic N) is 1. The molecule has 1 aliphatic rings. The van der Waals surface area contributed by atoms with E-state index in [-0.39, 0.29) is 32.7 Å². The van der Waals surface area contributed by atoms with Gasteiger partial charge in [0.2, 0.25) is 0 Å². The number of rotatable bonds is 2. The second-order valence-electron chi connectivity index (χ2n) is 3.35. The Balaban J connectivity index is 0.000000980. The van der Waals surface area contributed by atoms with Crippen LogP contribution in [0.25, 0.3) is 0 Å². The molecule has 1 fully saturated rings. The summed E-state index contributed by atoms with van der Waals surface area (Å²) in [4.78, 5) is 3.93. The van der Waals surface area contributed by atoms with Gasteiger partial charge in [-0.2, -0.15) is 12.1 Å². The van der Waals surface area contributed by atoms with E-state index in [1.807, 2.05) is 18.3 Å². The molecule has 2 heterocycles. The van der Waals surface area contributed by atoms with Gasteiger partial charge in [-0.15, -0.1) is 5.56 Å². The molecule has 0 aliphatic carbocycles. The van der Waals surface area contributed by atoms with Crippen LogP contribution in [0.2, 0.25) is 0 Å². The van der Waals surface area contributed by atoms with Gasteiger partial charge in [0.1, 0.15) is 0 Å². The zero-order chi connectivity index (χ0) is 9.10. The van der Waals surface area contributed by atoms with E-state index in [1.165, 1.54) is 5.56 Å². The third kappa shape index (κ3) is 3.21. The summed E-state index contributed by atoms with van der Waals surface area (Å²) in [5.74, 6) is 0.886. The monoisotopic (exact) mass is 283 g/mol. The molecule has 0 aromatic carbocycles. The minimum atomic E-state index is -0.599. The fourth-order valence-electron chi connectivity index (χ4n) is 1.68. The molecule has 1 aromatic heterocycles. The van der Waals surface area contributed by atoms with Gasteiger partial charge in [-0.05, 0) is 19.3 Å². The Labute approximate surface area is 112 Å². The first-order chi connectivity index (χ1) is 6.36. The van der Waals surface area contributed by atoms with Gasteiger partial charge in [-0.25, -0.2) is 0 Å². The Kier molecular flexibility index (Phi) is 5.42. The Hall–Kier alpha value is 0.404. The van der Waals surface area contributed by atoms with E-state index in [4.69, 9.17) is 0 Å². The summed E-state index contributed by atoms with van der Waals surface area (Å²) in [5, 5.41) is 0.365. The van der Waals surface area contributed by atoms with E-state index in [1.54, 1.807) is 0 Å². The zero-order valence-corrected chi connectivity index (χ0v) is 11.6. The number of aromatic nitrogens is 1. The van der Waals surface area contributed by atoms with E-state index in [9.17, 15) is 4.21 Å². The third-order valence-electron chi connectivity index (χ3n) is 2.38. The van der Waals surface area contributed by atoms with E-state index in [0.717, 1.165) is 25.0 Å². The Morgan fingerprint density at radius 1 is 1.64 bits per heavy atom. The van der Waals surface area contributed by atoms with Crippen molar-refractivity contribution in [3.63, 3.8) is 0 Å². The van der Waals surface area contributed by atoms with Crippen LogP contribution < -0.4 is 0 Å². The van der Waals surface area contributed by atoms with Crippen molar-refractivity contribution < 1.29 is 36.9 Å². The van der Waals surface area contributed by atoms with Crippen molar-refractivity contribution in [2.45, 2.75) is 24.5 Å². The van der Waals surface area contributed by atoms with Gasteiger partial charge in [0.25, 0.3) is 0 Å². The van der Waals surface area contributed by atoms with Crippen molar-refractivity contribution in [3.8, 4) is 0 Å². The molecular weight excluding hydrogens is 271 g/mol. The average molecular weight is 283 g/mol. The number of pyridine rings is 1. The van der Waals surface area contributed by atoms with E-state index in [0.29, 0.717) is 5.25 Å². The second-order valence-corrected chi connectivity index (χ2v) is 5.19. The minimum Gasteiger partial charge on any atom is -0.394 e. The molecule has 0 saturated carbocycles. The molecule has 1 radical (unpaired) electrons. The molecule has 1 aromatic rings. The van der Waals surface area contributed by atoms with E-state index >= 15 is 0 Å². The molecule has 2 atom stereocenters. The average Bonchev–Trinajstić information content (AvgIpc) is 2.54. The largest absolute Gasteiger partial charge is 0.394 e. The van der Waals surface area contributed by atoms with E-state index in [2.05, 4.69) is 11.2 Å². The number of hydrogen-bond acceptors (Lipinski definition) is 2. The normalized spacial score (nSPS) is 25.7. The van der Waals surface area contributed by atoms with Crippen LogP contribution in [0.4, 0.5) is 0 Å². The molecule has 1 aliphatic heterocycles. The van der Waals surface area contributed by atoms with Gasteiger partial charge < -0.3 is 4.98 Å². The molecule has 14 heavy (non-hydrogen) atoms. The molecule has 2 unspecified atom stereocenters. The van der Waals surface area contributed by atoms with Crippen LogP contribution in [-0.4, -0.2) is 20.2 Å². The first-order valence-electron chi connectivity index (χ1n) is 4.54. The van der Waals surface area contributed by atoms with Gasteiger partial charge in [0.15, 0.2) is 0 Å². The summed E-state index contributed by atoms with van der Waals surface area (Å²) in [6.45, 7) is 0. The maximum Gasteiger partial charge on any atom is 0.0369 e. The summed E-state index contributed by atoms with van der Waals surface area (Å²) >= 11 is 0. The van der Waals surface area contributed by atoms with Crippen molar-refractivity contribution in [1.29, 1.82) is 0 Å². The van der Waals surface area contributed by atoms with Crippen LogP contribution >= 0.6 is 0 Å². The molecule has 73 valence electrons. The quantitative estimate of drug-likeness (QED) is 0.767. The third-order valence-corrected chi connectivity index (χ3v) is 4.22. The number of hydrogen-bond donors (Lipinski definition) is 0. The van der Waals surface area contributed by atoms with Crippen molar-refractivity contribution in [3.05, 3.63) is 30.1 Å². The van der Waals surface area contributed by atoms with Crippen LogP contribution in [0.5, 0.6) is 0 Å². The fraction of sp³-hybridized carbons (Fsp3) is 0.500. The van der Waals surface area contributed by atoms with Gasteiger partial charge in [-0.3, -0.25) is 4.21 Å². The second kappa shape index (κ2) is 6.09. The van der Waals surface area contributed by atoms with Gasteiger partial charge in [0.05, 0.1) is 0 Å². The zero-order valence-electron chi connectivity index (χ0n) is 7.98. The maximum absolute atomic E-state index is 11.5. The molecule has 0 spiro atoms.